The minimum atomic E-state index is -0.564. The molecule has 4 aliphatic carbocycles. The van der Waals surface area contributed by atoms with Gasteiger partial charge in [-0.05, 0) is 131 Å². The number of aromatic amines is 1. The number of halogens is 2. The second-order valence-electron chi connectivity index (χ2n) is 21.5. The van der Waals surface area contributed by atoms with Gasteiger partial charge in [0.1, 0.15) is 17.2 Å². The molecular weight excluding hydrogens is 863 g/mol. The summed E-state index contributed by atoms with van der Waals surface area (Å²) in [5, 5.41) is 10.2. The lowest BCUT2D eigenvalue weighted by Crippen LogP contribution is -2.73. The Bertz CT molecular complexity index is 3220. The van der Waals surface area contributed by atoms with Gasteiger partial charge < -0.3 is 35.1 Å². The van der Waals surface area contributed by atoms with Gasteiger partial charge in [0.2, 0.25) is 0 Å². The minimum absolute atomic E-state index is 0.0130. The van der Waals surface area contributed by atoms with Gasteiger partial charge in [0.15, 0.2) is 0 Å². The van der Waals surface area contributed by atoms with E-state index in [1.807, 2.05) is 51.4 Å². The number of pyridine rings is 2. The quantitative estimate of drug-likeness (QED) is 0.139. The zero-order valence-electron chi connectivity index (χ0n) is 38.6. The number of likely N-dealkylation sites (tertiary alicyclic amines) is 1. The van der Waals surface area contributed by atoms with Crippen molar-refractivity contribution in [1.29, 1.82) is 0 Å². The van der Waals surface area contributed by atoms with E-state index < -0.39 is 5.60 Å². The van der Waals surface area contributed by atoms with Crippen molar-refractivity contribution in [3.05, 3.63) is 129 Å². The van der Waals surface area contributed by atoms with Crippen molar-refractivity contribution in [2.24, 2.45) is 7.05 Å². The van der Waals surface area contributed by atoms with Crippen LogP contribution in [-0.4, -0.2) is 85.2 Å². The molecule has 3 amide bonds. The summed E-state index contributed by atoms with van der Waals surface area (Å²) in [7, 11) is 2.11. The lowest BCUT2D eigenvalue weighted by Gasteiger charge is -2.56. The molecule has 2 saturated carbocycles. The zero-order chi connectivity index (χ0) is 46.7. The molecule has 12 nitrogen and oxygen atoms in total. The smallest absolute Gasteiger partial charge is 0.410 e. The Morgan fingerprint density at radius 1 is 0.721 bits per heavy atom. The molecule has 4 N–H and O–H groups in total. The van der Waals surface area contributed by atoms with Crippen LogP contribution >= 0.6 is 0 Å². The number of rotatable bonds is 2. The second kappa shape index (κ2) is 14.0. The van der Waals surface area contributed by atoms with Crippen LogP contribution in [0.15, 0.2) is 73.1 Å². The van der Waals surface area contributed by atoms with Crippen molar-refractivity contribution in [2.75, 3.05) is 26.2 Å². The Balaban J connectivity index is 0.000000136. The standard InChI is InChI=1S/C29H29FN4O3.C25H23FN4O/c1-27(2,3)37-26(36)34-14-28(15-34)24-22(25(35)33-29(28)9-10-29)19-8-7-17-13-31-21(12-20(17)23(19)32-24)16-5-4-6-18(30)11-16;1-30-21-17(20-22(30)24(12-27-13-24)25(7-8-25)29-23(20)31)6-5-15-11-28-19(10-18(15)21)14-3-2-4-16(26)9-14/h4-6,11-13,32H,7-10,14-15H2,1-3H3,(H,33,35);2-4,9-11,27H,5-8,12-13H2,1H3,(H,29,31). The van der Waals surface area contributed by atoms with E-state index in [1.54, 1.807) is 17.0 Å². The number of hydrogen-bond donors (Lipinski definition) is 4. The molecule has 2 aromatic carbocycles. The molecule has 0 bridgehead atoms. The first kappa shape index (κ1) is 41.5. The van der Waals surface area contributed by atoms with Crippen molar-refractivity contribution >= 4 is 17.9 Å². The Labute approximate surface area is 392 Å². The number of hydrogen-bond acceptors (Lipinski definition) is 7. The molecule has 8 aliphatic rings. The van der Waals surface area contributed by atoms with Gasteiger partial charge in [-0.3, -0.25) is 19.6 Å². The highest BCUT2D eigenvalue weighted by Gasteiger charge is 2.71. The van der Waals surface area contributed by atoms with Crippen molar-refractivity contribution in [3.8, 4) is 45.0 Å². The fourth-order valence-electron chi connectivity index (χ4n) is 12.8. The normalized spacial score (nSPS) is 20.5. The van der Waals surface area contributed by atoms with E-state index in [2.05, 4.69) is 48.6 Å². The highest BCUT2D eigenvalue weighted by atomic mass is 19.1. The Morgan fingerprint density at radius 2 is 1.28 bits per heavy atom. The number of carbonyl (C=O) groups is 3. The van der Waals surface area contributed by atoms with Gasteiger partial charge in [-0.25, -0.2) is 13.6 Å². The first-order valence-electron chi connectivity index (χ1n) is 23.9. The van der Waals surface area contributed by atoms with Gasteiger partial charge in [-0.2, -0.15) is 0 Å². The van der Waals surface area contributed by atoms with E-state index in [0.29, 0.717) is 24.3 Å². The fourth-order valence-corrected chi connectivity index (χ4v) is 12.8. The summed E-state index contributed by atoms with van der Waals surface area (Å²) in [5.74, 6) is -0.516. The molecule has 0 atom stereocenters. The van der Waals surface area contributed by atoms with Crippen molar-refractivity contribution < 1.29 is 27.9 Å². The zero-order valence-corrected chi connectivity index (χ0v) is 38.6. The van der Waals surface area contributed by atoms with E-state index in [0.717, 1.165) is 132 Å². The van der Waals surface area contributed by atoms with Gasteiger partial charge >= 0.3 is 6.09 Å². The van der Waals surface area contributed by atoms with Crippen molar-refractivity contribution in [3.63, 3.8) is 0 Å². The van der Waals surface area contributed by atoms with Crippen LogP contribution in [0, 0.1) is 11.6 Å². The predicted molar refractivity (Wildman–Crippen MR) is 251 cm³/mol. The van der Waals surface area contributed by atoms with E-state index >= 15 is 0 Å². The maximum absolute atomic E-state index is 13.9. The third-order valence-corrected chi connectivity index (χ3v) is 16.5. The number of amides is 3. The summed E-state index contributed by atoms with van der Waals surface area (Å²) in [6.45, 7) is 8.43. The molecule has 4 aliphatic heterocycles. The highest BCUT2D eigenvalue weighted by Crippen LogP contribution is 2.61. The Morgan fingerprint density at radius 3 is 1.84 bits per heavy atom. The fraction of sp³-hybridized carbons (Fsp3) is 0.389. The first-order chi connectivity index (χ1) is 32.6. The van der Waals surface area contributed by atoms with Gasteiger partial charge in [-0.15, -0.1) is 0 Å². The van der Waals surface area contributed by atoms with Gasteiger partial charge in [0, 0.05) is 79.3 Å². The van der Waals surface area contributed by atoms with Crippen LogP contribution in [0.1, 0.15) is 101 Å². The molecule has 4 aromatic heterocycles. The molecule has 4 spiro atoms. The van der Waals surface area contributed by atoms with Crippen LogP contribution in [0.4, 0.5) is 13.6 Å². The van der Waals surface area contributed by atoms with Crippen LogP contribution in [0.2, 0.25) is 0 Å². The molecule has 2 saturated heterocycles. The molecule has 0 unspecified atom stereocenters. The monoisotopic (exact) mass is 914 g/mol. The van der Waals surface area contributed by atoms with Crippen LogP contribution < -0.4 is 16.0 Å². The second-order valence-corrected chi connectivity index (χ2v) is 21.5. The summed E-state index contributed by atoms with van der Waals surface area (Å²) in [5.41, 5.74) is 14.0. The number of aryl methyl sites for hydroxylation is 2. The average Bonchev–Trinajstić information content (AvgIpc) is 4.16. The average molecular weight is 915 g/mol. The molecule has 346 valence electrons. The molecular formula is C54H52F2N8O4. The summed E-state index contributed by atoms with van der Waals surface area (Å²) in [4.78, 5) is 54.2. The molecule has 14 heteroatoms. The van der Waals surface area contributed by atoms with E-state index in [4.69, 9.17) is 4.74 Å². The topological polar surface area (TPSA) is 146 Å². The number of H-pyrrole nitrogens is 1. The largest absolute Gasteiger partial charge is 0.444 e. The third kappa shape index (κ3) is 5.81. The first-order valence-corrected chi connectivity index (χ1v) is 23.9. The van der Waals surface area contributed by atoms with E-state index in [-0.39, 0.29) is 51.4 Å². The van der Waals surface area contributed by atoms with E-state index in [9.17, 15) is 23.2 Å². The van der Waals surface area contributed by atoms with E-state index in [1.165, 1.54) is 35.5 Å². The van der Waals surface area contributed by atoms with Crippen LogP contribution in [-0.2, 0) is 48.3 Å². The summed E-state index contributed by atoms with van der Waals surface area (Å²) in [6.07, 6.45) is 10.6. The number of benzene rings is 2. The maximum Gasteiger partial charge on any atom is 0.410 e. The molecule has 0 radical (unpaired) electrons. The Kier molecular flexibility index (Phi) is 8.52. The number of ether oxygens (including phenoxy) is 1. The lowest BCUT2D eigenvalue weighted by atomic mass is 9.65. The van der Waals surface area contributed by atoms with Crippen LogP contribution in [0.25, 0.3) is 45.0 Å². The summed E-state index contributed by atoms with van der Waals surface area (Å²) < 4.78 is 35.6. The van der Waals surface area contributed by atoms with Crippen LogP contribution in [0.5, 0.6) is 0 Å². The SMILES string of the molecule is CC(C)(C)OC(=O)N1CC2(C1)c1[nH]c3c(c1C(=O)NC21CC1)CCc1cnc(-c2cccc(F)c2)cc1-3.Cn1c2c(c3c1C1(CNC1)C1(CC1)NC3=O)CCc1cnc(-c3cccc(F)c3)cc1-2. The Hall–Kier alpha value is -6.67. The van der Waals surface area contributed by atoms with Gasteiger partial charge in [-0.1, -0.05) is 24.3 Å². The lowest BCUT2D eigenvalue weighted by molar-refractivity contribution is -0.0240. The van der Waals surface area contributed by atoms with Crippen molar-refractivity contribution in [1.82, 2.24) is 40.4 Å². The number of aromatic nitrogens is 4. The van der Waals surface area contributed by atoms with Gasteiger partial charge in [0.05, 0.1) is 55.8 Å². The molecule has 14 rings (SSSR count). The molecule has 4 fully saturated rings. The minimum Gasteiger partial charge on any atom is -0.444 e. The number of fused-ring (bicyclic) bond motifs is 14. The molecule has 68 heavy (non-hydrogen) atoms. The third-order valence-electron chi connectivity index (χ3n) is 16.5. The van der Waals surface area contributed by atoms with Gasteiger partial charge in [0.25, 0.3) is 11.8 Å². The summed E-state index contributed by atoms with van der Waals surface area (Å²) in [6, 6.07) is 17.1. The predicted octanol–water partition coefficient (Wildman–Crippen LogP) is 7.85. The van der Waals surface area contributed by atoms with Crippen molar-refractivity contribution in [2.45, 2.75) is 99.6 Å². The number of nitrogens with zero attached hydrogens (tertiary/aromatic N) is 4. The molecule has 8 heterocycles. The highest BCUT2D eigenvalue weighted by molar-refractivity contribution is 6.04. The number of nitrogens with one attached hydrogen (secondary N) is 4. The molecule has 6 aromatic rings. The van der Waals surface area contributed by atoms with Crippen LogP contribution in [0.3, 0.4) is 0 Å². The maximum atomic E-state index is 13.9. The summed E-state index contributed by atoms with van der Waals surface area (Å²) >= 11 is 0. The number of carbonyl (C=O) groups excluding carboxylic acids is 3.